The monoisotopic (exact) mass is 354 g/mol. The molecule has 0 bridgehead atoms. The lowest BCUT2D eigenvalue weighted by Gasteiger charge is -2.32. The Labute approximate surface area is 141 Å². The predicted octanol–water partition coefficient (Wildman–Crippen LogP) is 1.34. The normalized spacial score (nSPS) is 12.5. The van der Waals surface area contributed by atoms with Crippen LogP contribution in [0.15, 0.2) is 0 Å². The highest BCUT2D eigenvalue weighted by Crippen LogP contribution is 2.65. The van der Waals surface area contributed by atoms with Crippen LogP contribution in [0.5, 0.6) is 0 Å². The second kappa shape index (κ2) is 13.1. The van der Waals surface area contributed by atoms with Crippen molar-refractivity contribution in [2.24, 2.45) is 0 Å². The number of hydrogen-bond acceptors (Lipinski definition) is 2. The summed E-state index contributed by atoms with van der Waals surface area (Å²) < 4.78 is 0. The molecule has 0 radical (unpaired) electrons. The molecule has 0 amide bonds. The number of unbranched alkanes of at least 4 members (excludes halogenated alkanes) is 3. The van der Waals surface area contributed by atoms with Gasteiger partial charge in [0.25, 0.3) is 0 Å². The minimum atomic E-state index is -1.75. The van der Waals surface area contributed by atoms with Crippen LogP contribution >= 0.6 is 7.26 Å². The summed E-state index contributed by atoms with van der Waals surface area (Å²) in [5.41, 5.74) is -0.653. The molecular weight excluding hydrogens is 323 g/mol. The van der Waals surface area contributed by atoms with E-state index < -0.39 is 24.9 Å². The minimum absolute atomic E-state index is 0. The van der Waals surface area contributed by atoms with Crippen molar-refractivity contribution in [3.8, 4) is 0 Å². The molecule has 0 saturated carbocycles. The van der Waals surface area contributed by atoms with E-state index in [2.05, 4.69) is 20.8 Å². The smallest absolute Gasteiger partial charge is 0.345 e. The van der Waals surface area contributed by atoms with Crippen molar-refractivity contribution < 1.29 is 32.2 Å². The van der Waals surface area contributed by atoms with Crippen LogP contribution in [-0.2, 0) is 9.59 Å². The average molecular weight is 355 g/mol. The van der Waals surface area contributed by atoms with E-state index in [4.69, 9.17) is 5.11 Å². The number of halogens is 1. The molecule has 6 heteroatoms. The van der Waals surface area contributed by atoms with Gasteiger partial charge in [-0.1, -0.05) is 40.0 Å². The average Bonchev–Trinajstić information content (AvgIpc) is 2.44. The Balaban J connectivity index is 0. The summed E-state index contributed by atoms with van der Waals surface area (Å²) in [5.74, 6) is -1.87. The fourth-order valence-electron chi connectivity index (χ4n) is 2.90. The van der Waals surface area contributed by atoms with E-state index in [0.717, 1.165) is 57.0 Å². The van der Waals surface area contributed by atoms with E-state index in [1.807, 2.05) is 0 Å². The zero-order valence-electron chi connectivity index (χ0n) is 14.2. The van der Waals surface area contributed by atoms with Gasteiger partial charge in [0.15, 0.2) is 5.66 Å². The number of rotatable bonds is 13. The van der Waals surface area contributed by atoms with Gasteiger partial charge in [-0.15, -0.1) is 0 Å². The number of aliphatic carboxylic acids is 2. The van der Waals surface area contributed by atoms with Crippen molar-refractivity contribution in [1.29, 1.82) is 0 Å². The molecule has 22 heavy (non-hydrogen) atoms. The Hall–Kier alpha value is -0.340. The third kappa shape index (κ3) is 8.33. The molecule has 2 N–H and O–H groups in total. The lowest BCUT2D eigenvalue weighted by atomic mass is 10.3. The molecule has 0 aromatic heterocycles. The van der Waals surface area contributed by atoms with Crippen LogP contribution in [0.3, 0.4) is 0 Å². The zero-order chi connectivity index (χ0) is 16.3. The summed E-state index contributed by atoms with van der Waals surface area (Å²) in [5, 5.41) is 18.7. The molecule has 132 valence electrons. The summed E-state index contributed by atoms with van der Waals surface area (Å²) in [6.07, 6.45) is 8.79. The lowest BCUT2D eigenvalue weighted by molar-refractivity contribution is -0.143. The first kappa shape index (κ1) is 23.9. The Morgan fingerprint density at radius 1 is 0.864 bits per heavy atom. The minimum Gasteiger partial charge on any atom is -1.00 e. The van der Waals surface area contributed by atoms with Gasteiger partial charge in [0.05, 0.1) is 24.9 Å². The molecule has 0 aromatic carbocycles. The van der Waals surface area contributed by atoms with Crippen molar-refractivity contribution in [1.82, 2.24) is 0 Å². The first-order valence-corrected chi connectivity index (χ1v) is 10.6. The largest absolute Gasteiger partial charge is 1.00 e. The van der Waals surface area contributed by atoms with Crippen LogP contribution in [0.1, 0.15) is 65.7 Å². The maximum absolute atomic E-state index is 11.7. The van der Waals surface area contributed by atoms with E-state index in [0.29, 0.717) is 0 Å². The molecule has 0 aliphatic heterocycles. The van der Waals surface area contributed by atoms with E-state index in [1.54, 1.807) is 0 Å². The predicted molar refractivity (Wildman–Crippen MR) is 89.9 cm³/mol. The first-order chi connectivity index (χ1) is 9.93. The Kier molecular flexibility index (Phi) is 14.3. The molecule has 1 atom stereocenters. The van der Waals surface area contributed by atoms with Crippen LogP contribution in [0.4, 0.5) is 0 Å². The fourth-order valence-corrected chi connectivity index (χ4v) is 8.36. The second-order valence-corrected chi connectivity index (χ2v) is 10.3. The van der Waals surface area contributed by atoms with Gasteiger partial charge in [0, 0.05) is 7.26 Å². The van der Waals surface area contributed by atoms with E-state index in [9.17, 15) is 14.7 Å². The number of carboxylic acids is 2. The fraction of sp³-hybridized carbons (Fsp3) is 0.875. The van der Waals surface area contributed by atoms with Crippen molar-refractivity contribution in [3.05, 3.63) is 0 Å². The summed E-state index contributed by atoms with van der Waals surface area (Å²) in [6.45, 7) is 6.34. The molecule has 0 saturated heterocycles. The molecule has 4 nitrogen and oxygen atoms in total. The van der Waals surface area contributed by atoms with Crippen LogP contribution < -0.4 is 12.4 Å². The van der Waals surface area contributed by atoms with E-state index in [1.165, 1.54) is 0 Å². The van der Waals surface area contributed by atoms with Crippen molar-refractivity contribution >= 4 is 19.2 Å². The number of hydrogen-bond donors (Lipinski definition) is 2. The van der Waals surface area contributed by atoms with Crippen LogP contribution in [0.2, 0.25) is 0 Å². The Bertz CT molecular complexity index is 301. The van der Waals surface area contributed by atoms with Crippen LogP contribution in [-0.4, -0.2) is 46.3 Å². The summed E-state index contributed by atoms with van der Waals surface area (Å²) in [4.78, 5) is 22.9. The van der Waals surface area contributed by atoms with Crippen molar-refractivity contribution in [2.75, 3.05) is 18.5 Å². The van der Waals surface area contributed by atoms with Gasteiger partial charge >= 0.3 is 11.9 Å². The summed E-state index contributed by atoms with van der Waals surface area (Å²) >= 11 is 0. The molecule has 0 aliphatic carbocycles. The highest BCUT2D eigenvalue weighted by atomic mass is 35.5. The van der Waals surface area contributed by atoms with Gasteiger partial charge in [-0.25, -0.2) is 4.79 Å². The third-order valence-electron chi connectivity index (χ3n) is 4.19. The molecule has 0 aliphatic rings. The molecule has 0 fully saturated rings. The van der Waals surface area contributed by atoms with Crippen LogP contribution in [0.25, 0.3) is 0 Å². The topological polar surface area (TPSA) is 74.6 Å². The van der Waals surface area contributed by atoms with Gasteiger partial charge in [0.2, 0.25) is 0 Å². The van der Waals surface area contributed by atoms with Crippen molar-refractivity contribution in [2.45, 2.75) is 71.4 Å². The van der Waals surface area contributed by atoms with Gasteiger partial charge in [0.1, 0.15) is 0 Å². The summed E-state index contributed by atoms with van der Waals surface area (Å²) in [7, 11) is -1.75. The number of carboxylic acid groups (broad SMARTS) is 2. The highest BCUT2D eigenvalue weighted by Gasteiger charge is 2.49. The SMILES string of the molecule is CCCC[P+](CCCC)(CCCC)C(CC(=O)O)C(=O)O.[Cl-]. The number of carbonyl (C=O) groups is 2. The second-order valence-electron chi connectivity index (χ2n) is 5.90. The molecule has 0 aromatic rings. The van der Waals surface area contributed by atoms with Crippen molar-refractivity contribution in [3.63, 3.8) is 0 Å². The van der Waals surface area contributed by atoms with Gasteiger partial charge in [-0.05, 0) is 19.3 Å². The zero-order valence-corrected chi connectivity index (χ0v) is 15.8. The van der Waals surface area contributed by atoms with Gasteiger partial charge in [-0.2, -0.15) is 0 Å². The van der Waals surface area contributed by atoms with Crippen LogP contribution in [0, 0.1) is 0 Å². The summed E-state index contributed by atoms with van der Waals surface area (Å²) in [6, 6.07) is 0. The van der Waals surface area contributed by atoms with Gasteiger partial charge < -0.3 is 22.6 Å². The molecule has 0 spiro atoms. The Morgan fingerprint density at radius 2 is 1.23 bits per heavy atom. The molecular formula is C16H32ClO4P. The first-order valence-electron chi connectivity index (χ1n) is 8.23. The maximum Gasteiger partial charge on any atom is 0.345 e. The Morgan fingerprint density at radius 3 is 1.45 bits per heavy atom. The van der Waals surface area contributed by atoms with E-state index >= 15 is 0 Å². The molecule has 0 rings (SSSR count). The maximum atomic E-state index is 11.7. The molecule has 0 heterocycles. The standard InChI is InChI=1S/C16H31O4P.ClH/c1-4-7-10-21(11-8-5-2,12-9-6-3)14(16(19)20)13-15(17)18;/h14H,4-13H2,1-3H3,(H-,17,18,19,20);1H. The third-order valence-corrected chi connectivity index (χ3v) is 9.53. The van der Waals surface area contributed by atoms with E-state index in [-0.39, 0.29) is 18.8 Å². The lowest BCUT2D eigenvalue weighted by Crippen LogP contribution is -3.00. The molecule has 1 unspecified atom stereocenters. The highest BCUT2D eigenvalue weighted by molar-refractivity contribution is 7.77. The van der Waals surface area contributed by atoms with Gasteiger partial charge in [-0.3, -0.25) is 4.79 Å². The quantitative estimate of drug-likeness (QED) is 0.489.